The number of nitrogens with one attached hydrogen (secondary N) is 1. The Hall–Kier alpha value is -5.64. The van der Waals surface area contributed by atoms with Gasteiger partial charge in [-0.2, -0.15) is 48.6 Å². The maximum atomic E-state index is 12.0. The van der Waals surface area contributed by atoms with E-state index in [0.717, 1.165) is 24.3 Å². The highest BCUT2D eigenvalue weighted by molar-refractivity contribution is 7.86. The number of anilines is 3. The van der Waals surface area contributed by atoms with Crippen LogP contribution in [-0.4, -0.2) is 66.8 Å². The lowest BCUT2D eigenvalue weighted by atomic mass is 10.1. The van der Waals surface area contributed by atoms with Crippen LogP contribution in [0, 0.1) is 0 Å². The Morgan fingerprint density at radius 1 is 0.509 bits per heavy atom. The first kappa shape index (κ1) is 39.1. The second-order valence-electron chi connectivity index (χ2n) is 11.0. The molecule has 21 nitrogen and oxygen atoms in total. The fourth-order valence-electron chi connectivity index (χ4n) is 5.01. The molecule has 0 spiro atoms. The van der Waals surface area contributed by atoms with Crippen LogP contribution in [0.2, 0.25) is 5.28 Å². The number of nitrogens with zero attached hydrogens (tertiary/aromatic N) is 7. The molecule has 0 aliphatic heterocycles. The van der Waals surface area contributed by atoms with Crippen LogP contribution in [-0.2, 0) is 40.5 Å². The van der Waals surface area contributed by atoms with Gasteiger partial charge in [-0.1, -0.05) is 12.1 Å². The highest BCUT2D eigenvalue weighted by Crippen LogP contribution is 2.40. The van der Waals surface area contributed by atoms with Crippen LogP contribution in [0.1, 0.15) is 0 Å². The molecule has 55 heavy (non-hydrogen) atoms. The first-order chi connectivity index (χ1) is 25.6. The molecule has 26 heteroatoms. The van der Waals surface area contributed by atoms with Gasteiger partial charge in [-0.05, 0) is 78.3 Å². The molecule has 284 valence electrons. The van der Waals surface area contributed by atoms with E-state index in [1.807, 2.05) is 0 Å². The van der Waals surface area contributed by atoms with Crippen LogP contribution >= 0.6 is 11.6 Å². The van der Waals surface area contributed by atoms with Crippen LogP contribution in [0.15, 0.2) is 119 Å². The quantitative estimate of drug-likeness (QED) is 0.0682. The number of hydrogen-bond donors (Lipinski definition) is 6. The molecule has 0 saturated carbocycles. The molecule has 0 unspecified atom stereocenters. The molecule has 0 aliphatic carbocycles. The van der Waals surface area contributed by atoms with Crippen molar-refractivity contribution in [2.45, 2.75) is 19.6 Å². The Balaban J connectivity index is 1.49. The fraction of sp³-hybridized carbons (Fsp3) is 0. The van der Waals surface area contributed by atoms with Gasteiger partial charge in [-0.3, -0.25) is 18.2 Å². The third-order valence-corrected chi connectivity index (χ3v) is 11.0. The Bertz CT molecular complexity index is 3090. The topological polar surface area (TPSA) is 344 Å². The number of benzene rings is 5. The number of fused-ring (bicyclic) bond motifs is 2. The number of azo groups is 2. The summed E-state index contributed by atoms with van der Waals surface area (Å²) >= 11 is 5.88. The number of halogens is 1. The van der Waals surface area contributed by atoms with Gasteiger partial charge in [0.2, 0.25) is 17.2 Å². The SMILES string of the molecule is Nc1nc(Cl)nc(Nc2ccc(N=Nc3ccc(N=Nc4cc(S(=O)(=O)O)ccc4S(=O)(=O)O)c4cc(S(=O)(=O)O)ccc34)c3cc(S(=O)(=O)O)ccc23)n1. The van der Waals surface area contributed by atoms with Crippen molar-refractivity contribution in [1.82, 2.24) is 15.0 Å². The van der Waals surface area contributed by atoms with E-state index in [1.54, 1.807) is 0 Å². The molecule has 0 bridgehead atoms. The van der Waals surface area contributed by atoms with Gasteiger partial charge in [0.1, 0.15) is 10.6 Å². The van der Waals surface area contributed by atoms with Gasteiger partial charge in [0, 0.05) is 27.2 Å². The van der Waals surface area contributed by atoms with Gasteiger partial charge in [-0.15, -0.1) is 20.5 Å². The smallest absolute Gasteiger partial charge is 0.296 e. The molecular formula is C29H20ClN9O12S4. The Morgan fingerprint density at radius 3 is 1.49 bits per heavy atom. The third kappa shape index (κ3) is 8.69. The van der Waals surface area contributed by atoms with Crippen molar-refractivity contribution < 1.29 is 51.9 Å². The van der Waals surface area contributed by atoms with Crippen LogP contribution in [0.5, 0.6) is 0 Å². The van der Waals surface area contributed by atoms with E-state index in [1.165, 1.54) is 36.4 Å². The second kappa shape index (κ2) is 14.2. The predicted octanol–water partition coefficient (Wildman–Crippen LogP) is 5.97. The summed E-state index contributed by atoms with van der Waals surface area (Å²) in [5.74, 6) is -0.246. The third-order valence-electron chi connectivity index (χ3n) is 7.41. The van der Waals surface area contributed by atoms with Gasteiger partial charge in [0.25, 0.3) is 40.5 Å². The summed E-state index contributed by atoms with van der Waals surface area (Å²) in [5, 5.41) is 19.4. The van der Waals surface area contributed by atoms with E-state index in [0.29, 0.717) is 29.3 Å². The maximum Gasteiger partial charge on any atom is 0.296 e. The molecule has 0 aliphatic rings. The van der Waals surface area contributed by atoms with Gasteiger partial charge in [0.15, 0.2) is 0 Å². The second-order valence-corrected chi connectivity index (χ2v) is 17.0. The molecule has 6 rings (SSSR count). The zero-order chi connectivity index (χ0) is 40.1. The highest BCUT2D eigenvalue weighted by atomic mass is 35.5. The van der Waals surface area contributed by atoms with Crippen molar-refractivity contribution in [2.24, 2.45) is 20.5 Å². The average molecular weight is 850 g/mol. The molecule has 0 saturated heterocycles. The van der Waals surface area contributed by atoms with Gasteiger partial charge in [0.05, 0.1) is 31.7 Å². The van der Waals surface area contributed by atoms with Crippen molar-refractivity contribution in [1.29, 1.82) is 0 Å². The lowest BCUT2D eigenvalue weighted by Gasteiger charge is -2.11. The summed E-state index contributed by atoms with van der Waals surface area (Å²) in [6, 6.07) is 14.3. The molecule has 1 aromatic heterocycles. The van der Waals surface area contributed by atoms with Crippen molar-refractivity contribution in [2.75, 3.05) is 11.1 Å². The molecule has 5 aromatic carbocycles. The minimum absolute atomic E-state index is 0.0411. The summed E-state index contributed by atoms with van der Waals surface area (Å²) in [6.45, 7) is 0. The first-order valence-corrected chi connectivity index (χ1v) is 20.7. The summed E-state index contributed by atoms with van der Waals surface area (Å²) in [5.41, 5.74) is 5.16. The van der Waals surface area contributed by atoms with Crippen molar-refractivity contribution in [3.63, 3.8) is 0 Å². The van der Waals surface area contributed by atoms with Crippen LogP contribution in [0.3, 0.4) is 0 Å². The normalized spacial score (nSPS) is 13.0. The van der Waals surface area contributed by atoms with Crippen LogP contribution < -0.4 is 11.1 Å². The van der Waals surface area contributed by atoms with Crippen molar-refractivity contribution in [3.05, 3.63) is 84.1 Å². The Labute approximate surface area is 314 Å². The molecule has 0 amide bonds. The zero-order valence-corrected chi connectivity index (χ0v) is 30.8. The van der Waals surface area contributed by atoms with E-state index in [-0.39, 0.29) is 50.4 Å². The Morgan fingerprint density at radius 2 is 0.964 bits per heavy atom. The first-order valence-electron chi connectivity index (χ1n) is 14.5. The molecule has 0 radical (unpaired) electrons. The Kier molecular flexibility index (Phi) is 10.1. The molecule has 0 atom stereocenters. The maximum absolute atomic E-state index is 12.0. The fourth-order valence-corrected chi connectivity index (χ4v) is 7.30. The minimum Gasteiger partial charge on any atom is -0.368 e. The van der Waals surface area contributed by atoms with E-state index < -0.39 is 65.7 Å². The summed E-state index contributed by atoms with van der Waals surface area (Å²) < 4.78 is 134. The summed E-state index contributed by atoms with van der Waals surface area (Å²) in [4.78, 5) is 8.81. The lowest BCUT2D eigenvalue weighted by Crippen LogP contribution is -2.04. The standard InChI is InChI=1S/C29H20ClN9O12S4/c30-27-33-28(31)35-29(34-27)32-21-6-7-23(19-11-14(52(40,41)42)1-4-17(19)21)37-36-22-8-9-24(20-12-15(53(43,44)45)2-5-18(20)22)38-39-25-13-16(54(46,47)48)3-10-26(25)55(49,50)51/h1-13H,(H,40,41,42)(H,43,44,45)(H,46,47,48)(H,49,50,51)(H3,31,32,33,34,35). The average Bonchev–Trinajstić information content (AvgIpc) is 3.08. The van der Waals surface area contributed by atoms with E-state index in [2.05, 4.69) is 40.7 Å². The van der Waals surface area contributed by atoms with Crippen molar-refractivity contribution in [3.8, 4) is 0 Å². The molecule has 6 aromatic rings. The highest BCUT2D eigenvalue weighted by Gasteiger charge is 2.21. The zero-order valence-electron chi connectivity index (χ0n) is 26.8. The summed E-state index contributed by atoms with van der Waals surface area (Å²) in [7, 11) is -19.4. The predicted molar refractivity (Wildman–Crippen MR) is 194 cm³/mol. The number of rotatable bonds is 10. The summed E-state index contributed by atoms with van der Waals surface area (Å²) in [6.07, 6.45) is 0. The molecule has 0 fully saturated rings. The molecular weight excluding hydrogens is 830 g/mol. The number of nitrogens with two attached hydrogens (primary N) is 1. The number of nitrogen functional groups attached to an aromatic ring is 1. The van der Waals surface area contributed by atoms with Crippen LogP contribution in [0.4, 0.5) is 40.3 Å². The van der Waals surface area contributed by atoms with Gasteiger partial charge < -0.3 is 11.1 Å². The molecule has 1 heterocycles. The van der Waals surface area contributed by atoms with Crippen LogP contribution in [0.25, 0.3) is 21.5 Å². The molecule has 7 N–H and O–H groups in total. The largest absolute Gasteiger partial charge is 0.368 e. The van der Waals surface area contributed by atoms with E-state index in [9.17, 15) is 51.9 Å². The number of hydrogen-bond acceptors (Lipinski definition) is 17. The van der Waals surface area contributed by atoms with E-state index in [4.69, 9.17) is 17.3 Å². The monoisotopic (exact) mass is 849 g/mol. The minimum atomic E-state index is -5.00. The van der Waals surface area contributed by atoms with Gasteiger partial charge in [-0.25, -0.2) is 0 Å². The van der Waals surface area contributed by atoms with E-state index >= 15 is 0 Å². The van der Waals surface area contributed by atoms with Crippen molar-refractivity contribution >= 4 is 114 Å². The lowest BCUT2D eigenvalue weighted by molar-refractivity contribution is 0.478. The van der Waals surface area contributed by atoms with Gasteiger partial charge >= 0.3 is 0 Å². The number of aromatic nitrogens is 3.